The summed E-state index contributed by atoms with van der Waals surface area (Å²) in [7, 11) is 0. The Balaban J connectivity index is 1.57. The van der Waals surface area contributed by atoms with E-state index in [1.54, 1.807) is 0 Å². The number of carbonyl (C=O) groups excluding carboxylic acids is 1. The van der Waals surface area contributed by atoms with Crippen molar-refractivity contribution >= 4 is 5.91 Å². The highest BCUT2D eigenvalue weighted by molar-refractivity contribution is 5.75. The van der Waals surface area contributed by atoms with Crippen LogP contribution in [-0.4, -0.2) is 37.3 Å². The summed E-state index contributed by atoms with van der Waals surface area (Å²) in [5.41, 5.74) is 0.235. The molecule has 4 nitrogen and oxygen atoms in total. The standard InChI is InChI=1S/C14H26N2O2/c17-10-7-14(5-6-14)11-16-13(18)2-1-12-3-8-15-9-4-12/h12,15,17H,1-11H2,(H,16,18). The van der Waals surface area contributed by atoms with Gasteiger partial charge in [-0.15, -0.1) is 0 Å². The van der Waals surface area contributed by atoms with Crippen LogP contribution in [-0.2, 0) is 4.79 Å². The zero-order chi connectivity index (χ0) is 12.8. The van der Waals surface area contributed by atoms with Crippen LogP contribution in [0.3, 0.4) is 0 Å². The van der Waals surface area contributed by atoms with Crippen LogP contribution in [0.2, 0.25) is 0 Å². The van der Waals surface area contributed by atoms with E-state index in [0.717, 1.165) is 51.2 Å². The summed E-state index contributed by atoms with van der Waals surface area (Å²) < 4.78 is 0. The molecule has 0 spiro atoms. The predicted molar refractivity (Wildman–Crippen MR) is 71.2 cm³/mol. The van der Waals surface area contributed by atoms with Gasteiger partial charge in [0.25, 0.3) is 0 Å². The number of rotatable bonds is 7. The van der Waals surface area contributed by atoms with Gasteiger partial charge in [-0.25, -0.2) is 0 Å². The quantitative estimate of drug-likeness (QED) is 0.636. The molecule has 0 atom stereocenters. The van der Waals surface area contributed by atoms with Crippen molar-refractivity contribution in [2.24, 2.45) is 11.3 Å². The van der Waals surface area contributed by atoms with Gasteiger partial charge in [-0.3, -0.25) is 4.79 Å². The lowest BCUT2D eigenvalue weighted by molar-refractivity contribution is -0.121. The van der Waals surface area contributed by atoms with Crippen molar-refractivity contribution in [3.63, 3.8) is 0 Å². The van der Waals surface area contributed by atoms with Crippen LogP contribution in [0, 0.1) is 11.3 Å². The minimum Gasteiger partial charge on any atom is -0.396 e. The van der Waals surface area contributed by atoms with Gasteiger partial charge < -0.3 is 15.7 Å². The van der Waals surface area contributed by atoms with E-state index in [1.807, 2.05) is 0 Å². The third-order valence-electron chi connectivity index (χ3n) is 4.50. The van der Waals surface area contributed by atoms with Crippen LogP contribution in [0.15, 0.2) is 0 Å². The summed E-state index contributed by atoms with van der Waals surface area (Å²) in [5, 5.41) is 15.4. The van der Waals surface area contributed by atoms with Crippen LogP contribution in [0.5, 0.6) is 0 Å². The first-order valence-electron chi connectivity index (χ1n) is 7.32. The maximum Gasteiger partial charge on any atom is 0.220 e. The number of amides is 1. The highest BCUT2D eigenvalue weighted by Gasteiger charge is 2.41. The van der Waals surface area contributed by atoms with Gasteiger partial charge in [0.05, 0.1) is 0 Å². The van der Waals surface area contributed by atoms with Crippen LogP contribution >= 0.6 is 0 Å². The fourth-order valence-electron chi connectivity index (χ4n) is 2.81. The smallest absolute Gasteiger partial charge is 0.220 e. The van der Waals surface area contributed by atoms with Crippen LogP contribution in [0.1, 0.15) is 44.9 Å². The van der Waals surface area contributed by atoms with Crippen molar-refractivity contribution in [3.8, 4) is 0 Å². The lowest BCUT2D eigenvalue weighted by atomic mass is 9.93. The van der Waals surface area contributed by atoms with Gasteiger partial charge in [0.1, 0.15) is 0 Å². The molecule has 1 heterocycles. The Morgan fingerprint density at radius 2 is 2.06 bits per heavy atom. The molecule has 4 heteroatoms. The lowest BCUT2D eigenvalue weighted by Gasteiger charge is -2.22. The minimum absolute atomic E-state index is 0.192. The molecule has 0 unspecified atom stereocenters. The molecule has 1 aliphatic carbocycles. The SMILES string of the molecule is O=C(CCC1CCNCC1)NCC1(CCO)CC1. The molecule has 0 aromatic heterocycles. The average molecular weight is 254 g/mol. The van der Waals surface area contributed by atoms with Gasteiger partial charge in [0.15, 0.2) is 0 Å². The summed E-state index contributed by atoms with van der Waals surface area (Å²) in [4.78, 5) is 11.8. The van der Waals surface area contributed by atoms with Gasteiger partial charge in [0.2, 0.25) is 5.91 Å². The molecule has 2 fully saturated rings. The van der Waals surface area contributed by atoms with E-state index in [9.17, 15) is 4.79 Å². The molecule has 3 N–H and O–H groups in total. The number of piperidine rings is 1. The van der Waals surface area contributed by atoms with Crippen LogP contribution in [0.4, 0.5) is 0 Å². The van der Waals surface area contributed by atoms with E-state index in [4.69, 9.17) is 5.11 Å². The average Bonchev–Trinajstić information content (AvgIpc) is 3.16. The fourth-order valence-corrected chi connectivity index (χ4v) is 2.81. The first kappa shape index (κ1) is 13.8. The Bertz CT molecular complexity index is 271. The van der Waals surface area contributed by atoms with E-state index in [0.29, 0.717) is 6.42 Å². The molecule has 0 radical (unpaired) electrons. The van der Waals surface area contributed by atoms with Gasteiger partial charge in [-0.1, -0.05) is 0 Å². The molecule has 1 amide bonds. The molecule has 2 rings (SSSR count). The normalized spacial score (nSPS) is 22.7. The van der Waals surface area contributed by atoms with E-state index in [2.05, 4.69) is 10.6 Å². The molecule has 0 aromatic rings. The second kappa shape index (κ2) is 6.53. The fraction of sp³-hybridized carbons (Fsp3) is 0.929. The van der Waals surface area contributed by atoms with E-state index < -0.39 is 0 Å². The van der Waals surface area contributed by atoms with Gasteiger partial charge in [-0.05, 0) is 62.9 Å². The molecule has 1 saturated carbocycles. The van der Waals surface area contributed by atoms with Crippen molar-refractivity contribution in [1.29, 1.82) is 0 Å². The molecule has 1 saturated heterocycles. The number of carbonyl (C=O) groups is 1. The van der Waals surface area contributed by atoms with Crippen molar-refractivity contribution in [2.45, 2.75) is 44.9 Å². The maximum absolute atomic E-state index is 11.8. The van der Waals surface area contributed by atoms with E-state index in [1.165, 1.54) is 12.8 Å². The maximum atomic E-state index is 11.8. The summed E-state index contributed by atoms with van der Waals surface area (Å²) in [6, 6.07) is 0. The summed E-state index contributed by atoms with van der Waals surface area (Å²) in [6.45, 7) is 3.21. The highest BCUT2D eigenvalue weighted by Crippen LogP contribution is 2.47. The Kier molecular flexibility index (Phi) is 5.01. The Morgan fingerprint density at radius 3 is 2.67 bits per heavy atom. The van der Waals surface area contributed by atoms with E-state index >= 15 is 0 Å². The molecular weight excluding hydrogens is 228 g/mol. The van der Waals surface area contributed by atoms with Crippen molar-refractivity contribution < 1.29 is 9.90 Å². The molecule has 0 bridgehead atoms. The topological polar surface area (TPSA) is 61.4 Å². The number of aliphatic hydroxyl groups excluding tert-OH is 1. The summed E-state index contributed by atoms with van der Waals surface area (Å²) in [6.07, 6.45) is 7.26. The second-order valence-corrected chi connectivity index (χ2v) is 5.98. The minimum atomic E-state index is 0.192. The highest BCUT2D eigenvalue weighted by atomic mass is 16.3. The van der Waals surface area contributed by atoms with E-state index in [-0.39, 0.29) is 17.9 Å². The third kappa shape index (κ3) is 4.25. The largest absolute Gasteiger partial charge is 0.396 e. The summed E-state index contributed by atoms with van der Waals surface area (Å²) >= 11 is 0. The first-order chi connectivity index (χ1) is 8.74. The Labute approximate surface area is 110 Å². The van der Waals surface area contributed by atoms with Crippen molar-refractivity contribution in [3.05, 3.63) is 0 Å². The zero-order valence-electron chi connectivity index (χ0n) is 11.2. The van der Waals surface area contributed by atoms with Crippen LogP contribution < -0.4 is 10.6 Å². The zero-order valence-corrected chi connectivity index (χ0v) is 11.2. The molecule has 104 valence electrons. The number of hydrogen-bond acceptors (Lipinski definition) is 3. The van der Waals surface area contributed by atoms with Gasteiger partial charge in [0, 0.05) is 19.6 Å². The molecule has 2 aliphatic rings. The van der Waals surface area contributed by atoms with Crippen LogP contribution in [0.25, 0.3) is 0 Å². The number of aliphatic hydroxyl groups is 1. The third-order valence-corrected chi connectivity index (χ3v) is 4.50. The molecule has 0 aromatic carbocycles. The molecular formula is C14H26N2O2. The lowest BCUT2D eigenvalue weighted by Crippen LogP contribution is -2.32. The summed E-state index contributed by atoms with van der Waals surface area (Å²) in [5.74, 6) is 0.919. The predicted octanol–water partition coefficient (Wildman–Crippen LogP) is 1.04. The molecule has 1 aliphatic heterocycles. The monoisotopic (exact) mass is 254 g/mol. The second-order valence-electron chi connectivity index (χ2n) is 5.98. The number of nitrogens with one attached hydrogen (secondary N) is 2. The van der Waals surface area contributed by atoms with Crippen molar-refractivity contribution in [1.82, 2.24) is 10.6 Å². The Morgan fingerprint density at radius 1 is 1.33 bits per heavy atom. The van der Waals surface area contributed by atoms with Gasteiger partial charge in [-0.2, -0.15) is 0 Å². The Hall–Kier alpha value is -0.610. The number of hydrogen-bond donors (Lipinski definition) is 3. The van der Waals surface area contributed by atoms with Gasteiger partial charge >= 0.3 is 0 Å². The first-order valence-corrected chi connectivity index (χ1v) is 7.32. The molecule has 18 heavy (non-hydrogen) atoms. The van der Waals surface area contributed by atoms with Crippen molar-refractivity contribution in [2.75, 3.05) is 26.2 Å².